The molecule has 13 heteroatoms. The summed E-state index contributed by atoms with van der Waals surface area (Å²) in [5, 5.41) is 5.93. The van der Waals surface area contributed by atoms with Crippen LogP contribution in [0.4, 0.5) is 28.4 Å². The molecule has 9 nitrogen and oxygen atoms in total. The quantitative estimate of drug-likeness (QED) is 0.364. The van der Waals surface area contributed by atoms with Crippen molar-refractivity contribution < 1.29 is 33.7 Å². The molecule has 4 amide bonds. The Kier molecular flexibility index (Phi) is 10.7. The summed E-state index contributed by atoms with van der Waals surface area (Å²) in [6.45, 7) is 4.36. The number of ether oxygens (including phenoxy) is 1. The van der Waals surface area contributed by atoms with Crippen molar-refractivity contribution in [3.8, 4) is 0 Å². The number of rotatable bonds is 6. The Bertz CT molecular complexity index is 1480. The zero-order chi connectivity index (χ0) is 33.8. The molecule has 6 rings (SSSR count). The molecule has 0 unspecified atom stereocenters. The van der Waals surface area contributed by atoms with Crippen LogP contribution in [0.5, 0.6) is 0 Å². The SMILES string of the molecule is O=C(O[C@H](Cc1ccc(C(F)(F)F)c(Cl)c1)C(=O)N1CCC(C2CCNCC2)CC1)N1CCC(N2CCc3ccccc3NC2=O)CC1.[HH]. The van der Waals surface area contributed by atoms with Crippen molar-refractivity contribution in [1.82, 2.24) is 20.0 Å². The average molecular weight is 692 g/mol. The van der Waals surface area contributed by atoms with E-state index in [0.29, 0.717) is 63.0 Å². The lowest BCUT2D eigenvalue weighted by Gasteiger charge is -2.39. The summed E-state index contributed by atoms with van der Waals surface area (Å²) < 4.78 is 46.0. The number of nitrogens with one attached hydrogen (secondary N) is 2. The van der Waals surface area contributed by atoms with Crippen LogP contribution in [0.3, 0.4) is 0 Å². The normalized spacial score (nSPS) is 20.9. The summed E-state index contributed by atoms with van der Waals surface area (Å²) in [5.41, 5.74) is 1.30. The molecular weight excluding hydrogens is 647 g/mol. The maximum atomic E-state index is 13.9. The fourth-order valence-corrected chi connectivity index (χ4v) is 8.02. The number of urea groups is 1. The lowest BCUT2D eigenvalue weighted by molar-refractivity contribution is -0.142. The Balaban J connectivity index is 0.00000468. The molecule has 0 bridgehead atoms. The fraction of sp³-hybridized carbons (Fsp3) is 0.571. The van der Waals surface area contributed by atoms with Gasteiger partial charge < -0.3 is 30.1 Å². The van der Waals surface area contributed by atoms with Crippen molar-refractivity contribution in [2.45, 2.75) is 69.7 Å². The molecular formula is C35H45ClF3N5O4. The van der Waals surface area contributed by atoms with E-state index in [4.69, 9.17) is 16.3 Å². The zero-order valence-corrected chi connectivity index (χ0v) is 27.7. The molecule has 0 aromatic heterocycles. The largest absolute Gasteiger partial charge is 0.436 e. The second-order valence-electron chi connectivity index (χ2n) is 13.4. The second-order valence-corrected chi connectivity index (χ2v) is 13.8. The van der Waals surface area contributed by atoms with E-state index in [9.17, 15) is 27.6 Å². The smallest absolute Gasteiger partial charge is 0.417 e. The second kappa shape index (κ2) is 14.9. The zero-order valence-electron chi connectivity index (χ0n) is 26.9. The predicted molar refractivity (Wildman–Crippen MR) is 178 cm³/mol. The molecule has 3 saturated heterocycles. The van der Waals surface area contributed by atoms with Gasteiger partial charge >= 0.3 is 18.3 Å². The van der Waals surface area contributed by atoms with Gasteiger partial charge in [0.1, 0.15) is 0 Å². The van der Waals surface area contributed by atoms with Gasteiger partial charge in [-0.05, 0) is 99.2 Å². The number of piperidine rings is 3. The van der Waals surface area contributed by atoms with Crippen LogP contribution >= 0.6 is 11.6 Å². The highest BCUT2D eigenvalue weighted by Gasteiger charge is 2.37. The maximum absolute atomic E-state index is 13.9. The minimum absolute atomic E-state index is 0. The summed E-state index contributed by atoms with van der Waals surface area (Å²) in [4.78, 5) is 45.5. The Morgan fingerprint density at radius 3 is 2.27 bits per heavy atom. The highest BCUT2D eigenvalue weighted by molar-refractivity contribution is 6.31. The van der Waals surface area contributed by atoms with Crippen LogP contribution in [0.25, 0.3) is 0 Å². The van der Waals surface area contributed by atoms with E-state index in [1.807, 2.05) is 29.2 Å². The Morgan fingerprint density at radius 2 is 1.58 bits per heavy atom. The highest BCUT2D eigenvalue weighted by atomic mass is 35.5. The molecule has 4 heterocycles. The standard InChI is InChI=1S/C35H43ClF3N5O4.H2/c36-29-21-23(5-6-28(29)35(37,38)39)22-31(32(45)42-16-9-25(10-17-42)24-7-14-40-15-8-24)48-34(47)43-18-12-27(13-19-43)44-20-11-26-3-1-2-4-30(26)41-33(44)46;/h1-6,21,24-25,27,31,40H,7-20,22H2,(H,41,46);1H/t31-;/m1./s1. The number of likely N-dealkylation sites (tertiary alicyclic amines) is 2. The first-order chi connectivity index (χ1) is 23.1. The molecule has 4 aliphatic heterocycles. The van der Waals surface area contributed by atoms with Crippen molar-refractivity contribution in [3.63, 3.8) is 0 Å². The Labute approximate surface area is 285 Å². The molecule has 3 fully saturated rings. The summed E-state index contributed by atoms with van der Waals surface area (Å²) in [6.07, 6.45) is -0.758. The lowest BCUT2D eigenvalue weighted by Crippen LogP contribution is -2.52. The van der Waals surface area contributed by atoms with E-state index < -0.39 is 29.0 Å². The van der Waals surface area contributed by atoms with E-state index in [2.05, 4.69) is 10.6 Å². The van der Waals surface area contributed by atoms with Gasteiger partial charge in [-0.2, -0.15) is 13.2 Å². The molecule has 0 aliphatic carbocycles. The van der Waals surface area contributed by atoms with Crippen LogP contribution in [0.1, 0.15) is 56.6 Å². The van der Waals surface area contributed by atoms with Crippen LogP contribution in [0.2, 0.25) is 5.02 Å². The fourth-order valence-electron chi connectivity index (χ4n) is 7.71. The minimum Gasteiger partial charge on any atom is -0.436 e. The molecule has 1 atom stereocenters. The van der Waals surface area contributed by atoms with Gasteiger partial charge in [-0.25, -0.2) is 9.59 Å². The van der Waals surface area contributed by atoms with E-state index in [-0.39, 0.29) is 25.8 Å². The first-order valence-corrected chi connectivity index (χ1v) is 17.4. The van der Waals surface area contributed by atoms with Gasteiger partial charge in [0.25, 0.3) is 5.91 Å². The van der Waals surface area contributed by atoms with Crippen molar-refractivity contribution >= 4 is 35.3 Å². The van der Waals surface area contributed by atoms with Crippen molar-refractivity contribution in [2.75, 3.05) is 51.1 Å². The lowest BCUT2D eigenvalue weighted by atomic mass is 9.79. The number of amides is 4. The third-order valence-corrected chi connectivity index (χ3v) is 10.8. The molecule has 0 spiro atoms. The minimum atomic E-state index is -4.61. The molecule has 4 aliphatic rings. The molecule has 48 heavy (non-hydrogen) atoms. The number of hydrogen-bond donors (Lipinski definition) is 2. The van der Waals surface area contributed by atoms with E-state index in [0.717, 1.165) is 62.5 Å². The summed E-state index contributed by atoms with van der Waals surface area (Å²) in [5.74, 6) is 0.816. The van der Waals surface area contributed by atoms with Gasteiger partial charge in [-0.15, -0.1) is 0 Å². The molecule has 2 N–H and O–H groups in total. The number of carbonyl (C=O) groups is 3. The average Bonchev–Trinajstić information content (AvgIpc) is 3.25. The molecule has 0 radical (unpaired) electrons. The van der Waals surface area contributed by atoms with Crippen molar-refractivity contribution in [3.05, 3.63) is 64.2 Å². The first-order valence-electron chi connectivity index (χ1n) is 17.0. The topological polar surface area (TPSA) is 94.2 Å². The van der Waals surface area contributed by atoms with E-state index in [1.165, 1.54) is 12.1 Å². The number of benzene rings is 2. The van der Waals surface area contributed by atoms with Gasteiger partial charge in [-0.3, -0.25) is 4.79 Å². The van der Waals surface area contributed by atoms with Crippen LogP contribution in [0.15, 0.2) is 42.5 Å². The number of nitrogens with zero attached hydrogens (tertiary/aromatic N) is 3. The Hall–Kier alpha value is -3.51. The van der Waals surface area contributed by atoms with Crippen LogP contribution in [-0.4, -0.2) is 90.7 Å². The number of para-hydroxylation sites is 1. The number of halogens is 4. The number of anilines is 1. The predicted octanol–water partition coefficient (Wildman–Crippen LogP) is 6.45. The molecule has 262 valence electrons. The van der Waals surface area contributed by atoms with E-state index in [1.54, 1.807) is 9.80 Å². The number of fused-ring (bicyclic) bond motifs is 1. The van der Waals surface area contributed by atoms with E-state index >= 15 is 0 Å². The molecule has 2 aromatic carbocycles. The number of carbonyl (C=O) groups excluding carboxylic acids is 3. The summed E-state index contributed by atoms with van der Waals surface area (Å²) >= 11 is 6.00. The highest BCUT2D eigenvalue weighted by Crippen LogP contribution is 2.36. The third kappa shape index (κ3) is 8.02. The van der Waals surface area contributed by atoms with Crippen molar-refractivity contribution in [1.29, 1.82) is 0 Å². The van der Waals surface area contributed by atoms with Gasteiger partial charge in [0.15, 0.2) is 6.10 Å². The van der Waals surface area contributed by atoms with Gasteiger partial charge in [0.2, 0.25) is 0 Å². The maximum Gasteiger partial charge on any atom is 0.417 e. The number of hydrogen-bond acceptors (Lipinski definition) is 5. The van der Waals surface area contributed by atoms with Crippen LogP contribution in [-0.2, 0) is 28.5 Å². The van der Waals surface area contributed by atoms with Crippen LogP contribution < -0.4 is 10.6 Å². The first kappa shape index (κ1) is 34.4. The molecule has 0 saturated carbocycles. The third-order valence-electron chi connectivity index (χ3n) is 10.5. The molecule has 2 aromatic rings. The number of alkyl halides is 3. The monoisotopic (exact) mass is 691 g/mol. The summed E-state index contributed by atoms with van der Waals surface area (Å²) in [6, 6.07) is 10.9. The van der Waals surface area contributed by atoms with Gasteiger partial charge in [0.05, 0.1) is 10.6 Å². The Morgan fingerprint density at radius 1 is 0.917 bits per heavy atom. The van der Waals surface area contributed by atoms with Gasteiger partial charge in [-0.1, -0.05) is 35.9 Å². The van der Waals surface area contributed by atoms with Crippen molar-refractivity contribution in [2.24, 2.45) is 11.8 Å². The summed E-state index contributed by atoms with van der Waals surface area (Å²) in [7, 11) is 0. The van der Waals surface area contributed by atoms with Crippen LogP contribution in [0, 0.1) is 11.8 Å². The van der Waals surface area contributed by atoms with Gasteiger partial charge in [0, 0.05) is 52.3 Å².